The van der Waals surface area contributed by atoms with E-state index in [2.05, 4.69) is 49.1 Å². The van der Waals surface area contributed by atoms with Crippen LogP contribution in [0, 0.1) is 0 Å². The molecule has 4 rings (SSSR count). The second-order valence-corrected chi connectivity index (χ2v) is 16.2. The number of benzene rings is 2. The van der Waals surface area contributed by atoms with E-state index in [0.717, 1.165) is 37.9 Å². The Morgan fingerprint density at radius 3 is 2.31 bits per heavy atom. The lowest BCUT2D eigenvalue weighted by atomic mass is 9.77. The highest BCUT2D eigenvalue weighted by molar-refractivity contribution is 7.86. The van der Waals surface area contributed by atoms with Gasteiger partial charge in [0.1, 0.15) is 6.54 Å². The monoisotopic (exact) mass is 699 g/mol. The number of carboxylic acids is 1. The third-order valence-corrected chi connectivity index (χ3v) is 11.0. The van der Waals surface area contributed by atoms with E-state index in [1.54, 1.807) is 6.07 Å². The van der Waals surface area contributed by atoms with Gasteiger partial charge in [-0.2, -0.15) is 21.4 Å². The van der Waals surface area contributed by atoms with Crippen LogP contribution in [0.15, 0.2) is 83.4 Å². The predicted octanol–water partition coefficient (Wildman–Crippen LogP) is 6.81. The normalized spacial score (nSPS) is 20.0. The van der Waals surface area contributed by atoms with Crippen molar-refractivity contribution in [2.24, 2.45) is 0 Å². The smallest absolute Gasteiger partial charge is 0.303 e. The van der Waals surface area contributed by atoms with Gasteiger partial charge in [0.25, 0.3) is 20.2 Å². The molecular formula is C36H47N2O8S2+. The summed E-state index contributed by atoms with van der Waals surface area (Å²) >= 11 is 0. The van der Waals surface area contributed by atoms with Gasteiger partial charge in [-0.15, -0.1) is 0 Å². The number of hydrogen-bond acceptors (Lipinski definition) is 6. The Bertz CT molecular complexity index is 1870. The van der Waals surface area contributed by atoms with E-state index >= 15 is 0 Å². The molecule has 2 aromatic rings. The quantitative estimate of drug-likeness (QED) is 0.0743. The first-order chi connectivity index (χ1) is 22.5. The first-order valence-electron chi connectivity index (χ1n) is 16.4. The second-order valence-electron chi connectivity index (χ2n) is 13.2. The summed E-state index contributed by atoms with van der Waals surface area (Å²) in [4.78, 5) is 13.2. The van der Waals surface area contributed by atoms with Crippen LogP contribution in [0.1, 0.15) is 83.8 Å². The number of allylic oxidation sites excluding steroid dienone is 6. The van der Waals surface area contributed by atoms with Crippen molar-refractivity contribution in [3.05, 3.63) is 89.7 Å². The fourth-order valence-electron chi connectivity index (χ4n) is 6.99. The zero-order chi connectivity index (χ0) is 35.3. The summed E-state index contributed by atoms with van der Waals surface area (Å²) in [6.45, 7) is 9.41. The summed E-state index contributed by atoms with van der Waals surface area (Å²) < 4.78 is 67.7. The van der Waals surface area contributed by atoms with Gasteiger partial charge in [0.05, 0.1) is 16.1 Å². The number of fused-ring (bicyclic) bond motifs is 2. The van der Waals surface area contributed by atoms with Gasteiger partial charge in [0.2, 0.25) is 5.69 Å². The van der Waals surface area contributed by atoms with Crippen LogP contribution in [0.2, 0.25) is 0 Å². The largest absolute Gasteiger partial charge is 0.481 e. The summed E-state index contributed by atoms with van der Waals surface area (Å²) in [6, 6.07) is 12.8. The van der Waals surface area contributed by atoms with Crippen LogP contribution in [-0.4, -0.2) is 66.1 Å². The number of anilines is 1. The van der Waals surface area contributed by atoms with Crippen LogP contribution < -0.4 is 4.90 Å². The van der Waals surface area contributed by atoms with Crippen LogP contribution in [0.25, 0.3) is 0 Å². The van der Waals surface area contributed by atoms with Gasteiger partial charge >= 0.3 is 5.97 Å². The van der Waals surface area contributed by atoms with Crippen molar-refractivity contribution in [3.63, 3.8) is 0 Å². The molecule has 2 heterocycles. The molecule has 0 aliphatic carbocycles. The lowest BCUT2D eigenvalue weighted by Gasteiger charge is -2.30. The number of aliphatic carboxylic acids is 1. The molecule has 2 aliphatic rings. The number of para-hydroxylation sites is 1. The van der Waals surface area contributed by atoms with E-state index in [0.29, 0.717) is 17.7 Å². The van der Waals surface area contributed by atoms with Gasteiger partial charge in [-0.3, -0.25) is 13.9 Å². The molecule has 0 aromatic heterocycles. The molecule has 3 N–H and O–H groups in total. The molecule has 2 aromatic carbocycles. The van der Waals surface area contributed by atoms with Gasteiger partial charge < -0.3 is 10.0 Å². The first-order valence-corrected chi connectivity index (χ1v) is 19.4. The average molecular weight is 700 g/mol. The maximum absolute atomic E-state index is 11.9. The summed E-state index contributed by atoms with van der Waals surface area (Å²) in [6.07, 6.45) is 14.4. The molecule has 2 aliphatic heterocycles. The zero-order valence-corrected chi connectivity index (χ0v) is 29.7. The van der Waals surface area contributed by atoms with Gasteiger partial charge in [-0.05, 0) is 69.9 Å². The number of unbranched alkanes of at least 4 members (excludes halogenated alkanes) is 2. The minimum Gasteiger partial charge on any atom is -0.481 e. The number of rotatable bonds is 16. The van der Waals surface area contributed by atoms with E-state index in [1.165, 1.54) is 29.1 Å². The Balaban J connectivity index is 1.66. The molecule has 0 saturated carbocycles. The number of hydrogen-bond donors (Lipinski definition) is 3. The Morgan fingerprint density at radius 1 is 0.917 bits per heavy atom. The van der Waals surface area contributed by atoms with Crippen LogP contribution in [-0.2, 0) is 35.9 Å². The summed E-state index contributed by atoms with van der Waals surface area (Å²) in [5.74, 6) is -1.19. The Kier molecular flexibility index (Phi) is 11.6. The van der Waals surface area contributed by atoms with Crippen LogP contribution >= 0.6 is 0 Å². The predicted molar refractivity (Wildman–Crippen MR) is 189 cm³/mol. The molecule has 0 bridgehead atoms. The number of carbonyl (C=O) groups is 1. The average Bonchev–Trinajstić information content (AvgIpc) is 3.35. The summed E-state index contributed by atoms with van der Waals surface area (Å²) in [5.41, 5.74) is 4.89. The molecule has 0 saturated heterocycles. The Labute approximate surface area is 284 Å². The highest BCUT2D eigenvalue weighted by Crippen LogP contribution is 2.50. The molecule has 12 heteroatoms. The molecule has 0 amide bonds. The van der Waals surface area contributed by atoms with E-state index in [-0.39, 0.29) is 29.7 Å². The molecule has 260 valence electrons. The SMILES string of the molecule is CCCN1C(=CC=CC=CC2=[N+](CCCS(=O)(=O)O)c3ccc(S(=O)(=O)O)cc3C2(C)C)C(C)(CCCCCC(=O)O)c2ccccc21. The fourth-order valence-corrected chi connectivity index (χ4v) is 7.99. The Morgan fingerprint density at radius 2 is 1.65 bits per heavy atom. The Hall–Kier alpha value is -3.58. The number of carboxylic acid groups (broad SMARTS) is 1. The van der Waals surface area contributed by atoms with Crippen molar-refractivity contribution in [3.8, 4) is 0 Å². The van der Waals surface area contributed by atoms with Crippen molar-refractivity contribution < 1.29 is 40.4 Å². The van der Waals surface area contributed by atoms with Gasteiger partial charge in [-0.1, -0.05) is 56.2 Å². The first kappa shape index (κ1) is 37.2. The highest BCUT2D eigenvalue weighted by Gasteiger charge is 2.45. The third-order valence-electron chi connectivity index (χ3n) is 9.34. The van der Waals surface area contributed by atoms with Crippen LogP contribution in [0.3, 0.4) is 0 Å². The minimum absolute atomic E-state index is 0.149. The summed E-state index contributed by atoms with van der Waals surface area (Å²) in [7, 11) is -8.59. The minimum atomic E-state index is -4.43. The van der Waals surface area contributed by atoms with Gasteiger partial charge in [-0.25, -0.2) is 0 Å². The maximum atomic E-state index is 11.9. The molecule has 10 nitrogen and oxygen atoms in total. The van der Waals surface area contributed by atoms with Crippen molar-refractivity contribution >= 4 is 43.3 Å². The zero-order valence-electron chi connectivity index (χ0n) is 28.1. The van der Waals surface area contributed by atoms with E-state index in [1.807, 2.05) is 42.7 Å². The molecule has 0 spiro atoms. The van der Waals surface area contributed by atoms with Gasteiger partial charge in [0, 0.05) is 53.9 Å². The van der Waals surface area contributed by atoms with Gasteiger partial charge in [0.15, 0.2) is 5.71 Å². The fraction of sp³-hybridized carbons (Fsp3) is 0.444. The third kappa shape index (κ3) is 8.34. The molecular weight excluding hydrogens is 653 g/mol. The van der Waals surface area contributed by atoms with E-state index in [4.69, 9.17) is 5.11 Å². The lowest BCUT2D eigenvalue weighted by molar-refractivity contribution is -0.437. The lowest BCUT2D eigenvalue weighted by Crippen LogP contribution is -2.29. The highest BCUT2D eigenvalue weighted by atomic mass is 32.2. The second kappa shape index (κ2) is 14.9. The van der Waals surface area contributed by atoms with Crippen molar-refractivity contribution in [1.29, 1.82) is 0 Å². The molecule has 48 heavy (non-hydrogen) atoms. The van der Waals surface area contributed by atoms with Crippen molar-refractivity contribution in [1.82, 2.24) is 0 Å². The molecule has 1 unspecified atom stereocenters. The molecule has 0 radical (unpaired) electrons. The van der Waals surface area contributed by atoms with E-state index < -0.39 is 37.4 Å². The topological polar surface area (TPSA) is 152 Å². The molecule has 0 fully saturated rings. The van der Waals surface area contributed by atoms with Crippen molar-refractivity contribution in [2.45, 2.75) is 88.4 Å². The standard InChI is InChI=1S/C36H46N2O8S2/c1-5-23-37-30-16-12-11-15-28(30)36(4,22-13-7-10-19-34(39)40)33(37)18-9-6-8-17-32-35(2,3)29-26-27(48(44,45)46)20-21-31(29)38(32)24-14-25-47(41,42)43/h6,8-9,11-12,15-18,20-21,26H,5,7,10,13-14,19,22-25H2,1-4H3,(H2-,39,40,41,42,43,44,45,46)/p+1. The van der Waals surface area contributed by atoms with Crippen molar-refractivity contribution in [2.75, 3.05) is 23.7 Å². The van der Waals surface area contributed by atoms with Crippen LogP contribution in [0.5, 0.6) is 0 Å². The van der Waals surface area contributed by atoms with E-state index in [9.17, 15) is 30.7 Å². The molecule has 1 atom stereocenters. The maximum Gasteiger partial charge on any atom is 0.303 e. The van der Waals surface area contributed by atoms with Crippen LogP contribution in [0.4, 0.5) is 11.4 Å². The number of nitrogens with zero attached hydrogens (tertiary/aromatic N) is 2. The summed E-state index contributed by atoms with van der Waals surface area (Å²) in [5, 5.41) is 9.05.